The largest absolute Gasteiger partial charge is 0.619 e. The van der Waals surface area contributed by atoms with Crippen LogP contribution in [0.3, 0.4) is 0 Å². The second-order valence-corrected chi connectivity index (χ2v) is 4.67. The number of carbonyl (C=O) groups excluding carboxylic acids is 1. The fourth-order valence-electron chi connectivity index (χ4n) is 2.13. The molecule has 0 saturated heterocycles. The number of carbonyl (C=O) groups is 1. The van der Waals surface area contributed by atoms with Crippen LogP contribution in [0, 0.1) is 26.0 Å². The van der Waals surface area contributed by atoms with E-state index in [-0.39, 0.29) is 5.91 Å². The van der Waals surface area contributed by atoms with Crippen molar-refractivity contribution < 1.29 is 9.52 Å². The van der Waals surface area contributed by atoms with Gasteiger partial charge in [-0.05, 0) is 31.9 Å². The zero-order valence-electron chi connectivity index (χ0n) is 11.2. The number of benzene rings is 1. The molecule has 0 spiro atoms. The van der Waals surface area contributed by atoms with Crippen molar-refractivity contribution in [2.75, 3.05) is 5.32 Å². The third-order valence-electron chi connectivity index (χ3n) is 2.98. The maximum atomic E-state index is 12.1. The lowest BCUT2D eigenvalue weighted by molar-refractivity contribution is -0.605. The van der Waals surface area contributed by atoms with E-state index in [9.17, 15) is 10.0 Å². The molecule has 0 unspecified atom stereocenters. The summed E-state index contributed by atoms with van der Waals surface area (Å²) < 4.78 is 0.652. The Hall–Kier alpha value is -2.36. The van der Waals surface area contributed by atoms with Gasteiger partial charge < -0.3 is 10.5 Å². The van der Waals surface area contributed by atoms with E-state index in [0.29, 0.717) is 10.3 Å². The highest BCUT2D eigenvalue weighted by atomic mass is 16.5. The molecule has 0 bridgehead atoms. The Kier molecular flexibility index (Phi) is 3.51. The molecule has 2 rings (SSSR count). The summed E-state index contributed by atoms with van der Waals surface area (Å²) in [7, 11) is 0. The summed E-state index contributed by atoms with van der Waals surface area (Å²) in [6.07, 6.45) is 2.62. The maximum absolute atomic E-state index is 12.1. The van der Waals surface area contributed by atoms with Gasteiger partial charge in [0.05, 0.1) is 5.56 Å². The first-order valence-electron chi connectivity index (χ1n) is 6.05. The van der Waals surface area contributed by atoms with E-state index in [1.165, 1.54) is 30.1 Å². The van der Waals surface area contributed by atoms with Crippen LogP contribution in [0.5, 0.6) is 0 Å². The van der Waals surface area contributed by atoms with E-state index in [0.717, 1.165) is 16.8 Å². The van der Waals surface area contributed by atoms with Crippen molar-refractivity contribution in [2.24, 2.45) is 0 Å². The molecular formula is C15H16N2O2. The summed E-state index contributed by atoms with van der Waals surface area (Å²) in [4.78, 5) is 12.1. The quantitative estimate of drug-likeness (QED) is 0.663. The second kappa shape index (κ2) is 5.10. The maximum Gasteiger partial charge on any atom is 0.256 e. The van der Waals surface area contributed by atoms with Crippen LogP contribution in [-0.4, -0.2) is 5.91 Å². The Labute approximate surface area is 112 Å². The summed E-state index contributed by atoms with van der Waals surface area (Å²) >= 11 is 0. The first kappa shape index (κ1) is 13.1. The van der Waals surface area contributed by atoms with E-state index < -0.39 is 0 Å². The van der Waals surface area contributed by atoms with Crippen molar-refractivity contribution in [2.45, 2.75) is 20.8 Å². The van der Waals surface area contributed by atoms with Gasteiger partial charge in [-0.2, -0.15) is 4.73 Å². The predicted molar refractivity (Wildman–Crippen MR) is 74.0 cm³/mol. The molecule has 19 heavy (non-hydrogen) atoms. The predicted octanol–water partition coefficient (Wildman–Crippen LogP) is 2.50. The minimum atomic E-state index is -0.212. The van der Waals surface area contributed by atoms with Gasteiger partial charge in [0.1, 0.15) is 0 Å². The minimum Gasteiger partial charge on any atom is -0.619 e. The van der Waals surface area contributed by atoms with Gasteiger partial charge in [0.25, 0.3) is 5.91 Å². The zero-order valence-corrected chi connectivity index (χ0v) is 11.2. The van der Waals surface area contributed by atoms with Crippen molar-refractivity contribution in [3.8, 4) is 0 Å². The van der Waals surface area contributed by atoms with Crippen molar-refractivity contribution in [1.82, 2.24) is 0 Å². The van der Waals surface area contributed by atoms with Gasteiger partial charge in [-0.15, -0.1) is 0 Å². The highest BCUT2D eigenvalue weighted by Gasteiger charge is 2.10. The Bertz CT molecular complexity index is 596. The topological polar surface area (TPSA) is 56.0 Å². The zero-order chi connectivity index (χ0) is 14.0. The van der Waals surface area contributed by atoms with Crippen LogP contribution >= 0.6 is 0 Å². The van der Waals surface area contributed by atoms with Crippen LogP contribution in [-0.2, 0) is 0 Å². The number of rotatable bonds is 2. The van der Waals surface area contributed by atoms with Crippen molar-refractivity contribution in [1.29, 1.82) is 0 Å². The Morgan fingerprint density at radius 3 is 2.16 bits per heavy atom. The van der Waals surface area contributed by atoms with E-state index >= 15 is 0 Å². The molecule has 98 valence electrons. The van der Waals surface area contributed by atoms with Gasteiger partial charge >= 0.3 is 0 Å². The highest BCUT2D eigenvalue weighted by Crippen LogP contribution is 2.22. The number of amides is 1. The molecule has 1 N–H and O–H groups in total. The van der Waals surface area contributed by atoms with Crippen LogP contribution in [0.1, 0.15) is 27.0 Å². The van der Waals surface area contributed by atoms with Crippen molar-refractivity contribution >= 4 is 11.6 Å². The molecule has 0 aliphatic rings. The van der Waals surface area contributed by atoms with Crippen LogP contribution in [0.25, 0.3) is 0 Å². The van der Waals surface area contributed by atoms with Crippen LogP contribution in [0.4, 0.5) is 5.69 Å². The smallest absolute Gasteiger partial charge is 0.256 e. The van der Waals surface area contributed by atoms with Gasteiger partial charge in [-0.25, -0.2) is 0 Å². The molecule has 0 atom stereocenters. The van der Waals surface area contributed by atoms with Crippen LogP contribution < -0.4 is 10.0 Å². The average Bonchev–Trinajstić information content (AvgIpc) is 2.34. The van der Waals surface area contributed by atoms with Gasteiger partial charge in [-0.1, -0.05) is 17.7 Å². The summed E-state index contributed by atoms with van der Waals surface area (Å²) in [5, 5.41) is 13.8. The van der Waals surface area contributed by atoms with Crippen LogP contribution in [0.2, 0.25) is 0 Å². The molecule has 0 aliphatic carbocycles. The Morgan fingerprint density at radius 2 is 1.63 bits per heavy atom. The highest BCUT2D eigenvalue weighted by molar-refractivity contribution is 6.04. The lowest BCUT2D eigenvalue weighted by Gasteiger charge is -2.12. The van der Waals surface area contributed by atoms with Crippen molar-refractivity contribution in [3.63, 3.8) is 0 Å². The number of hydrogen-bond donors (Lipinski definition) is 1. The van der Waals surface area contributed by atoms with E-state index in [4.69, 9.17) is 0 Å². The van der Waals surface area contributed by atoms with Gasteiger partial charge in [0.2, 0.25) is 0 Å². The second-order valence-electron chi connectivity index (χ2n) is 4.67. The van der Waals surface area contributed by atoms with Gasteiger partial charge in [0, 0.05) is 17.8 Å². The minimum absolute atomic E-state index is 0.212. The third-order valence-corrected chi connectivity index (χ3v) is 2.98. The Balaban J connectivity index is 2.26. The lowest BCUT2D eigenvalue weighted by atomic mass is 10.0. The molecule has 1 amide bonds. The molecule has 1 aromatic carbocycles. The molecule has 2 aromatic rings. The average molecular weight is 256 g/mol. The molecule has 0 fully saturated rings. The summed E-state index contributed by atoms with van der Waals surface area (Å²) in [6, 6.07) is 7.06. The van der Waals surface area contributed by atoms with Gasteiger partial charge in [0.15, 0.2) is 12.4 Å². The number of aromatic nitrogens is 1. The van der Waals surface area contributed by atoms with E-state index in [2.05, 4.69) is 5.32 Å². The number of nitrogens with zero attached hydrogens (tertiary/aromatic N) is 1. The molecule has 1 aromatic heterocycles. The molecule has 0 radical (unpaired) electrons. The number of hydrogen-bond acceptors (Lipinski definition) is 2. The fourth-order valence-corrected chi connectivity index (χ4v) is 2.13. The van der Waals surface area contributed by atoms with Crippen LogP contribution in [0.15, 0.2) is 36.7 Å². The lowest BCUT2D eigenvalue weighted by Crippen LogP contribution is -2.25. The molecule has 1 heterocycles. The number of nitrogens with one attached hydrogen (secondary N) is 1. The standard InChI is InChI=1S/C15H16N2O2/c1-10-8-11(2)14(12(3)9-10)16-15(18)13-4-6-17(19)7-5-13/h4-9H,1-3H3,(H,16,18). The number of anilines is 1. The molecular weight excluding hydrogens is 240 g/mol. The molecule has 0 aliphatic heterocycles. The first-order valence-corrected chi connectivity index (χ1v) is 6.05. The third kappa shape index (κ3) is 2.91. The summed E-state index contributed by atoms with van der Waals surface area (Å²) in [5.74, 6) is -0.212. The number of pyridine rings is 1. The van der Waals surface area contributed by atoms with E-state index in [1.54, 1.807) is 0 Å². The first-order chi connectivity index (χ1) is 8.97. The molecule has 4 heteroatoms. The number of aryl methyl sites for hydroxylation is 3. The monoisotopic (exact) mass is 256 g/mol. The van der Waals surface area contributed by atoms with Crippen molar-refractivity contribution in [3.05, 3.63) is 64.1 Å². The fraction of sp³-hybridized carbons (Fsp3) is 0.200. The Morgan fingerprint density at radius 1 is 1.11 bits per heavy atom. The van der Waals surface area contributed by atoms with E-state index in [1.807, 2.05) is 32.9 Å². The molecule has 0 saturated carbocycles. The molecule has 4 nitrogen and oxygen atoms in total. The SMILES string of the molecule is Cc1cc(C)c(NC(=O)c2cc[n+]([O-])cc2)c(C)c1. The normalized spacial score (nSPS) is 10.3. The van der Waals surface area contributed by atoms with Gasteiger partial charge in [-0.3, -0.25) is 4.79 Å². The summed E-state index contributed by atoms with van der Waals surface area (Å²) in [5.41, 5.74) is 4.52. The summed E-state index contributed by atoms with van der Waals surface area (Å²) in [6.45, 7) is 5.95.